The number of benzene rings is 8. The van der Waals surface area contributed by atoms with Crippen LogP contribution in [0.2, 0.25) is 0 Å². The van der Waals surface area contributed by atoms with Gasteiger partial charge < -0.3 is 62.3 Å². The third-order valence-corrected chi connectivity index (χ3v) is 40.2. The van der Waals surface area contributed by atoms with E-state index < -0.39 is 77.1 Å². The number of hydrogen-bond acceptors (Lipinski definition) is 14. The molecule has 0 aromatic heterocycles. The van der Waals surface area contributed by atoms with Crippen molar-refractivity contribution < 1.29 is 181 Å². The van der Waals surface area contributed by atoms with E-state index in [0.29, 0.717) is 25.9 Å². The van der Waals surface area contributed by atoms with E-state index in [1.165, 1.54) is 0 Å². The quantitative estimate of drug-likeness (QED) is 0.124. The van der Waals surface area contributed by atoms with Crippen molar-refractivity contribution in [2.75, 3.05) is 12.5 Å². The molecule has 4 aliphatic rings. The fourth-order valence-electron chi connectivity index (χ4n) is 8.72. The van der Waals surface area contributed by atoms with Crippen molar-refractivity contribution in [2.45, 2.75) is 6.04 Å². The second-order valence-electron chi connectivity index (χ2n) is 17.1. The Hall–Kier alpha value is -1.06. The van der Waals surface area contributed by atoms with Gasteiger partial charge in [-0.25, -0.2) is 0 Å². The van der Waals surface area contributed by atoms with Crippen LogP contribution in [-0.4, -0.2) is 94.3 Å². The van der Waals surface area contributed by atoms with Gasteiger partial charge in [-0.15, -0.1) is 10.4 Å². The maximum Gasteiger partial charge on any atom is 1.00 e. The molecule has 4 bridgehead atoms. The summed E-state index contributed by atoms with van der Waals surface area (Å²) in [5.41, 5.74) is 0.785. The summed E-state index contributed by atoms with van der Waals surface area (Å²) in [7, 11) is -34.7. The van der Waals surface area contributed by atoms with Gasteiger partial charge in [0.2, 0.25) is 0 Å². The van der Waals surface area contributed by atoms with Crippen molar-refractivity contribution in [2.24, 2.45) is 0 Å². The van der Waals surface area contributed by atoms with Crippen LogP contribution in [-0.2, 0) is 47.8 Å². The van der Waals surface area contributed by atoms with Crippen LogP contribution in [0, 0.1) is 0 Å². The van der Waals surface area contributed by atoms with Gasteiger partial charge in [0, 0.05) is 25.7 Å². The largest absolute Gasteiger partial charge is 1.00 e. The minimum Gasteiger partial charge on any atom is -0.870 e. The van der Waals surface area contributed by atoms with Gasteiger partial charge in [-0.3, -0.25) is 0 Å². The topological polar surface area (TPSA) is 198 Å². The second kappa shape index (κ2) is 29.5. The predicted molar refractivity (Wildman–Crippen MR) is 283 cm³/mol. The summed E-state index contributed by atoms with van der Waals surface area (Å²) in [6.07, 6.45) is -0.702. The molecule has 0 saturated carbocycles. The average molecular weight is 1200 g/mol. The third kappa shape index (κ3) is 14.8. The first-order chi connectivity index (χ1) is 34.7. The first-order valence-corrected chi connectivity index (χ1v) is 36.9. The Balaban J connectivity index is 0.00000182. The zero-order valence-electron chi connectivity index (χ0n) is 43.0. The molecule has 26 heteroatoms. The summed E-state index contributed by atoms with van der Waals surface area (Å²) >= 11 is 0. The van der Waals surface area contributed by atoms with Crippen LogP contribution >= 0.6 is 0 Å². The van der Waals surface area contributed by atoms with E-state index in [4.69, 9.17) is 41.8 Å². The molecule has 0 aliphatic carbocycles. The van der Waals surface area contributed by atoms with E-state index in [9.17, 15) is 0 Å². The van der Waals surface area contributed by atoms with Crippen molar-refractivity contribution in [1.29, 1.82) is 0 Å². The van der Waals surface area contributed by atoms with E-state index >= 15 is 9.59 Å². The zero-order chi connectivity index (χ0) is 48.3. The summed E-state index contributed by atoms with van der Waals surface area (Å²) in [4.78, 5) is 33.8. The second-order valence-corrected chi connectivity index (χ2v) is 38.1. The van der Waals surface area contributed by atoms with E-state index in [-0.39, 0.29) is 147 Å². The Kier molecular flexibility index (Phi) is 25.5. The average Bonchev–Trinajstić information content (AvgIpc) is 3.45. The molecule has 6 unspecified atom stereocenters. The summed E-state index contributed by atoms with van der Waals surface area (Å²) in [6.45, 7) is 0. The summed E-state index contributed by atoms with van der Waals surface area (Å²) < 4.78 is 76.0. The van der Waals surface area contributed by atoms with Gasteiger partial charge in [-0.1, -0.05) is 243 Å². The molecule has 4 fully saturated rings. The Bertz CT molecular complexity index is 3030. The molecule has 4 heterocycles. The van der Waals surface area contributed by atoms with Crippen molar-refractivity contribution in [3.63, 3.8) is 0 Å². The smallest absolute Gasteiger partial charge is 0.870 e. The molecular formula is C51H48Na4O14Si8-2. The van der Waals surface area contributed by atoms with Crippen LogP contribution in [0.5, 0.6) is 0 Å². The molecule has 14 nitrogen and oxygen atoms in total. The SMILES string of the molecule is [Na+].[Na+].[Na+].[Na+].[O-][Si]1(c2ccccc2)OC[Si]2(c3ccccc3)O[Si-](c3ccccc3)OC[Si](Cc3ccccc3)(O1)O[Si]1(c3ccccc3)O[Si-](c3ccccc3)O[Si](c3ccccc3)(O[Si]([O-])(c3ccccc3)O1)O2.[OH-].[OH-]. The molecule has 8 aromatic carbocycles. The molecule has 0 amide bonds. The molecule has 77 heavy (non-hydrogen) atoms. The Morgan fingerprint density at radius 2 is 0.714 bits per heavy atom. The predicted octanol–water partition coefficient (Wildman–Crippen LogP) is -10.6. The fraction of sp³-hybridized carbons (Fsp3) is 0.0588. The Morgan fingerprint density at radius 1 is 0.351 bits per heavy atom. The standard InChI is InChI=1S/C51H46O12Si8.4Na.2H2O/c52-68(48-33-17-5-18-34-48)55-43-67(47-31-15-4-16-32-47)56-64(45-27-11-2-12-28-45)54-42-66(59-68,41-44-25-9-1-10-26-44)60-70(50-37-21-7-22-38-50)57-65(46-29-13-3-14-30-46)58-71(61-67,51-39-23-8-24-40-51)63-69(53,62-70)49-35-19-6-20-36-49;;;;;;/h1-40H,41-43H2;;;;;2*1H2/q-4;4*+1;;/p-2. The number of rotatable bonds is 9. The van der Waals surface area contributed by atoms with Gasteiger partial charge in [-0.05, 0) is 30.4 Å². The molecule has 4 aliphatic heterocycles. The first-order valence-electron chi connectivity index (χ1n) is 23.1. The zero-order valence-corrected chi connectivity index (χ0v) is 59.0. The Morgan fingerprint density at radius 3 is 1.17 bits per heavy atom. The van der Waals surface area contributed by atoms with E-state index in [2.05, 4.69) is 0 Å². The van der Waals surface area contributed by atoms with Crippen LogP contribution in [0.1, 0.15) is 5.56 Å². The normalized spacial score (nSPS) is 25.9. The maximum atomic E-state index is 17.1. The number of fused-ring (bicyclic) bond motifs is 6. The van der Waals surface area contributed by atoms with Crippen LogP contribution in [0.25, 0.3) is 0 Å². The Labute approximate surface area is 547 Å². The molecule has 2 N–H and O–H groups in total. The molecule has 374 valence electrons. The molecule has 0 spiro atoms. The molecule has 4 saturated heterocycles. The van der Waals surface area contributed by atoms with E-state index in [1.54, 1.807) is 48.5 Å². The van der Waals surface area contributed by atoms with E-state index in [1.807, 2.05) is 194 Å². The third-order valence-electron chi connectivity index (χ3n) is 12.1. The minimum atomic E-state index is -5.26. The van der Waals surface area contributed by atoms with Gasteiger partial charge in [0.15, 0.2) is 0 Å². The molecule has 12 rings (SSSR count). The van der Waals surface area contributed by atoms with Crippen LogP contribution in [0.4, 0.5) is 0 Å². The minimum absolute atomic E-state index is 0. The summed E-state index contributed by atoms with van der Waals surface area (Å²) in [5, 5.41) is 3.37. The van der Waals surface area contributed by atoms with Crippen molar-refractivity contribution in [1.82, 2.24) is 0 Å². The molecule has 8 aromatic rings. The van der Waals surface area contributed by atoms with Gasteiger partial charge >= 0.3 is 153 Å². The number of hydrogen-bond donors (Lipinski definition) is 0. The van der Waals surface area contributed by atoms with Crippen molar-refractivity contribution in [3.8, 4) is 0 Å². The van der Waals surface area contributed by atoms with Gasteiger partial charge in [0.25, 0.3) is 17.6 Å². The summed E-state index contributed by atoms with van der Waals surface area (Å²) in [6, 6.07) is 74.3. The van der Waals surface area contributed by atoms with Crippen LogP contribution in [0.3, 0.4) is 0 Å². The van der Waals surface area contributed by atoms with E-state index in [0.717, 1.165) is 10.8 Å². The van der Waals surface area contributed by atoms with Crippen molar-refractivity contribution in [3.05, 3.63) is 248 Å². The fourth-order valence-corrected chi connectivity index (χ4v) is 42.8. The molecule has 6 atom stereocenters. The molecule has 0 radical (unpaired) electrons. The van der Waals surface area contributed by atoms with Crippen molar-refractivity contribution >= 4 is 107 Å². The first kappa shape index (κ1) is 66.7. The van der Waals surface area contributed by atoms with Gasteiger partial charge in [-0.2, -0.15) is 0 Å². The van der Waals surface area contributed by atoms with Gasteiger partial charge in [0.05, 0.1) is 12.5 Å². The van der Waals surface area contributed by atoms with Crippen LogP contribution in [0.15, 0.2) is 243 Å². The summed E-state index contributed by atoms with van der Waals surface area (Å²) in [5.74, 6) is 0. The van der Waals surface area contributed by atoms with Crippen LogP contribution < -0.4 is 164 Å². The molecular weight excluding hydrogens is 1150 g/mol. The van der Waals surface area contributed by atoms with Gasteiger partial charge in [0.1, 0.15) is 0 Å². The maximum absolute atomic E-state index is 17.1. The monoisotopic (exact) mass is 1200 g/mol.